The second-order valence-electron chi connectivity index (χ2n) is 6.42. The van der Waals surface area contributed by atoms with Crippen molar-refractivity contribution in [3.63, 3.8) is 0 Å². The molecule has 3 aromatic rings. The number of aromatic nitrogens is 2. The fourth-order valence-corrected chi connectivity index (χ4v) is 3.54. The van der Waals surface area contributed by atoms with Crippen molar-refractivity contribution in [3.8, 4) is 11.3 Å². The van der Waals surface area contributed by atoms with Crippen LogP contribution in [0.5, 0.6) is 0 Å². The molecule has 1 aromatic carbocycles. The molecule has 132 valence electrons. The number of anilines is 1. The summed E-state index contributed by atoms with van der Waals surface area (Å²) < 4.78 is 5.43. The zero-order valence-corrected chi connectivity index (χ0v) is 14.2. The summed E-state index contributed by atoms with van der Waals surface area (Å²) in [5.74, 6) is 0.174. The Bertz CT molecular complexity index is 885. The Balaban J connectivity index is 1.58. The second-order valence-corrected chi connectivity index (χ2v) is 6.42. The molecule has 0 aliphatic carbocycles. The molecule has 26 heavy (non-hydrogen) atoms. The van der Waals surface area contributed by atoms with Crippen molar-refractivity contribution in [2.24, 2.45) is 0 Å². The number of carboxylic acids is 1. The van der Waals surface area contributed by atoms with Crippen molar-refractivity contribution in [1.29, 1.82) is 0 Å². The Kier molecular flexibility index (Phi) is 4.39. The third kappa shape index (κ3) is 3.06. The van der Waals surface area contributed by atoms with Crippen molar-refractivity contribution >= 4 is 11.8 Å². The molecule has 6 nitrogen and oxygen atoms in total. The molecule has 1 aliphatic rings. The van der Waals surface area contributed by atoms with Crippen LogP contribution in [0.2, 0.25) is 0 Å². The van der Waals surface area contributed by atoms with Crippen LogP contribution in [0.4, 0.5) is 5.82 Å². The van der Waals surface area contributed by atoms with E-state index in [9.17, 15) is 9.90 Å². The highest BCUT2D eigenvalue weighted by atomic mass is 16.5. The molecule has 3 heterocycles. The van der Waals surface area contributed by atoms with E-state index in [0.29, 0.717) is 17.5 Å². The van der Waals surface area contributed by atoms with Gasteiger partial charge in [-0.3, -0.25) is 4.98 Å². The van der Waals surface area contributed by atoms with Gasteiger partial charge >= 0.3 is 5.97 Å². The van der Waals surface area contributed by atoms with E-state index < -0.39 is 5.97 Å². The van der Waals surface area contributed by atoms with Gasteiger partial charge in [-0.1, -0.05) is 35.5 Å². The highest BCUT2D eigenvalue weighted by molar-refractivity contribution is 5.99. The lowest BCUT2D eigenvalue weighted by Gasteiger charge is -2.32. The number of hydrogen-bond acceptors (Lipinski definition) is 5. The third-order valence-corrected chi connectivity index (χ3v) is 4.90. The molecule has 1 aliphatic heterocycles. The van der Waals surface area contributed by atoms with Crippen LogP contribution in [0.25, 0.3) is 11.3 Å². The van der Waals surface area contributed by atoms with Gasteiger partial charge in [-0.2, -0.15) is 0 Å². The van der Waals surface area contributed by atoms with Gasteiger partial charge in [0, 0.05) is 31.0 Å². The minimum Gasteiger partial charge on any atom is -0.477 e. The van der Waals surface area contributed by atoms with Crippen LogP contribution in [0.3, 0.4) is 0 Å². The van der Waals surface area contributed by atoms with Crippen LogP contribution in [0, 0.1) is 0 Å². The minimum atomic E-state index is -1.02. The largest absolute Gasteiger partial charge is 0.477 e. The van der Waals surface area contributed by atoms with Crippen molar-refractivity contribution in [2.75, 3.05) is 18.0 Å². The van der Waals surface area contributed by atoms with Gasteiger partial charge in [0.2, 0.25) is 0 Å². The summed E-state index contributed by atoms with van der Waals surface area (Å²) in [4.78, 5) is 18.0. The summed E-state index contributed by atoms with van der Waals surface area (Å²) in [5.41, 5.74) is 2.14. The molecule has 0 radical (unpaired) electrons. The molecule has 0 bridgehead atoms. The molecular weight excluding hydrogens is 330 g/mol. The van der Waals surface area contributed by atoms with E-state index >= 15 is 0 Å². The number of hydrogen-bond donors (Lipinski definition) is 1. The van der Waals surface area contributed by atoms with Crippen molar-refractivity contribution in [3.05, 3.63) is 66.0 Å². The molecule has 2 aromatic heterocycles. The third-order valence-electron chi connectivity index (χ3n) is 4.90. The molecule has 0 saturated carbocycles. The van der Waals surface area contributed by atoms with Gasteiger partial charge in [-0.15, -0.1) is 0 Å². The summed E-state index contributed by atoms with van der Waals surface area (Å²) in [7, 11) is 0. The first kappa shape index (κ1) is 16.3. The number of carbonyl (C=O) groups is 1. The predicted molar refractivity (Wildman–Crippen MR) is 97.3 cm³/mol. The Morgan fingerprint density at radius 1 is 1.08 bits per heavy atom. The minimum absolute atomic E-state index is 0.138. The van der Waals surface area contributed by atoms with Gasteiger partial charge in [-0.05, 0) is 36.5 Å². The van der Waals surface area contributed by atoms with E-state index in [1.54, 1.807) is 0 Å². The van der Waals surface area contributed by atoms with Crippen LogP contribution in [0.1, 0.15) is 34.7 Å². The summed E-state index contributed by atoms with van der Waals surface area (Å²) in [6.45, 7) is 1.49. The molecule has 1 N–H and O–H groups in total. The zero-order chi connectivity index (χ0) is 17.9. The number of benzene rings is 1. The quantitative estimate of drug-likeness (QED) is 0.771. The maximum Gasteiger partial charge on any atom is 0.343 e. The Hall–Kier alpha value is -3.15. The van der Waals surface area contributed by atoms with E-state index in [4.69, 9.17) is 4.52 Å². The molecular formula is C20H19N3O3. The maximum atomic E-state index is 11.9. The molecule has 0 spiro atoms. The van der Waals surface area contributed by atoms with E-state index in [1.807, 2.05) is 59.8 Å². The Morgan fingerprint density at radius 3 is 2.42 bits per heavy atom. The molecule has 4 rings (SSSR count). The van der Waals surface area contributed by atoms with Gasteiger partial charge in [-0.25, -0.2) is 4.79 Å². The van der Waals surface area contributed by atoms with Gasteiger partial charge < -0.3 is 14.5 Å². The van der Waals surface area contributed by atoms with E-state index in [0.717, 1.165) is 31.5 Å². The van der Waals surface area contributed by atoms with Crippen LogP contribution in [-0.2, 0) is 0 Å². The summed E-state index contributed by atoms with van der Waals surface area (Å²) in [5, 5.41) is 13.8. The standard InChI is InChI=1S/C20H19N3O3/c24-20(25)17-18(16-4-2-1-3-5-16)26-22-19(17)23-12-8-15(9-13-23)14-6-10-21-11-7-14/h1-7,10-11,15H,8-9,12-13H2,(H,24,25). The molecule has 0 atom stereocenters. The summed E-state index contributed by atoms with van der Waals surface area (Å²) in [6, 6.07) is 13.3. The zero-order valence-electron chi connectivity index (χ0n) is 14.2. The molecule has 0 unspecified atom stereocenters. The van der Waals surface area contributed by atoms with Crippen molar-refractivity contribution < 1.29 is 14.4 Å². The van der Waals surface area contributed by atoms with Gasteiger partial charge in [0.25, 0.3) is 0 Å². The van der Waals surface area contributed by atoms with Crippen molar-refractivity contribution in [1.82, 2.24) is 10.1 Å². The van der Waals surface area contributed by atoms with Crippen LogP contribution in [-0.4, -0.2) is 34.3 Å². The maximum absolute atomic E-state index is 11.9. The Morgan fingerprint density at radius 2 is 1.77 bits per heavy atom. The normalized spacial score (nSPS) is 15.2. The first-order valence-electron chi connectivity index (χ1n) is 8.67. The number of aromatic carboxylic acids is 1. The fraction of sp³-hybridized carbons (Fsp3) is 0.250. The van der Waals surface area contributed by atoms with Crippen LogP contribution in [0.15, 0.2) is 59.4 Å². The average Bonchev–Trinajstić information content (AvgIpc) is 3.15. The monoisotopic (exact) mass is 349 g/mol. The molecule has 0 amide bonds. The highest BCUT2D eigenvalue weighted by Gasteiger charge is 2.30. The number of piperidine rings is 1. The SMILES string of the molecule is O=C(O)c1c(N2CCC(c3ccncc3)CC2)noc1-c1ccccc1. The fourth-order valence-electron chi connectivity index (χ4n) is 3.54. The lowest BCUT2D eigenvalue weighted by molar-refractivity contribution is 0.0697. The predicted octanol–water partition coefficient (Wildman–Crippen LogP) is 3.82. The lowest BCUT2D eigenvalue weighted by Crippen LogP contribution is -2.34. The average molecular weight is 349 g/mol. The lowest BCUT2D eigenvalue weighted by atomic mass is 9.90. The first-order chi connectivity index (χ1) is 12.7. The summed E-state index contributed by atoms with van der Waals surface area (Å²) in [6.07, 6.45) is 5.51. The first-order valence-corrected chi connectivity index (χ1v) is 8.67. The van der Waals surface area contributed by atoms with E-state index in [2.05, 4.69) is 10.1 Å². The Labute approximate surface area is 151 Å². The van der Waals surface area contributed by atoms with Crippen molar-refractivity contribution in [2.45, 2.75) is 18.8 Å². The van der Waals surface area contributed by atoms with E-state index in [-0.39, 0.29) is 5.56 Å². The molecule has 6 heteroatoms. The highest BCUT2D eigenvalue weighted by Crippen LogP contribution is 2.35. The second kappa shape index (κ2) is 7.00. The van der Waals surface area contributed by atoms with Crippen LogP contribution >= 0.6 is 0 Å². The number of pyridine rings is 1. The topological polar surface area (TPSA) is 79.5 Å². The molecule has 1 saturated heterocycles. The number of carboxylic acid groups (broad SMARTS) is 1. The van der Waals surface area contributed by atoms with Crippen LogP contribution < -0.4 is 4.90 Å². The van der Waals surface area contributed by atoms with Gasteiger partial charge in [0.05, 0.1) is 0 Å². The smallest absolute Gasteiger partial charge is 0.343 e. The number of nitrogens with zero attached hydrogens (tertiary/aromatic N) is 3. The van der Waals surface area contributed by atoms with Gasteiger partial charge in [0.1, 0.15) is 0 Å². The van der Waals surface area contributed by atoms with E-state index in [1.165, 1.54) is 5.56 Å². The summed E-state index contributed by atoms with van der Waals surface area (Å²) >= 11 is 0. The van der Waals surface area contributed by atoms with Gasteiger partial charge in [0.15, 0.2) is 17.1 Å². The molecule has 1 fully saturated rings. The number of rotatable bonds is 4.